The second kappa shape index (κ2) is 12.3. The van der Waals surface area contributed by atoms with Crippen LogP contribution in [0, 0.1) is 13.8 Å². The number of hydrogen-bond acceptors (Lipinski definition) is 5. The van der Waals surface area contributed by atoms with Crippen LogP contribution in [-0.4, -0.2) is 52.3 Å². The maximum atomic E-state index is 13.2. The van der Waals surface area contributed by atoms with Gasteiger partial charge in [0.05, 0.1) is 24.9 Å². The molecule has 1 heterocycles. The number of rotatable bonds is 11. The molecule has 1 aromatic carbocycles. The molecule has 0 aliphatic rings. The van der Waals surface area contributed by atoms with E-state index in [1.54, 1.807) is 24.8 Å². The molecule has 0 fully saturated rings. The number of aliphatic hydroxyl groups excluding tert-OH is 1. The standard InChI is InChI=1S/C26H36N2O5/c1-7-28-19(5)22(25(20(28)6)26(31)33-9-3)14-15-24(30)27(16-18(4)29)17-21-12-10-11-13-23(21)32-8-2/h10-15,18,29H,7-9,16-17H2,1-6H3/b15-14-/t18-/m1/s1. The van der Waals surface area contributed by atoms with Crippen LogP contribution in [0.5, 0.6) is 5.75 Å². The fraction of sp³-hybridized carbons (Fsp3) is 0.462. The molecule has 0 radical (unpaired) electrons. The first-order valence-electron chi connectivity index (χ1n) is 11.5. The molecule has 7 nitrogen and oxygen atoms in total. The molecule has 0 aliphatic carbocycles. The zero-order valence-corrected chi connectivity index (χ0v) is 20.6. The fourth-order valence-electron chi connectivity index (χ4n) is 3.99. The minimum atomic E-state index is -0.693. The molecule has 0 spiro atoms. The smallest absolute Gasteiger partial charge is 0.340 e. The van der Waals surface area contributed by atoms with Gasteiger partial charge in [0, 0.05) is 48.2 Å². The summed E-state index contributed by atoms with van der Waals surface area (Å²) in [6, 6.07) is 7.55. The lowest BCUT2D eigenvalue weighted by atomic mass is 10.1. The molecule has 2 rings (SSSR count). The molecule has 7 heteroatoms. The topological polar surface area (TPSA) is 81.0 Å². The van der Waals surface area contributed by atoms with Gasteiger partial charge >= 0.3 is 5.97 Å². The molecule has 0 unspecified atom stereocenters. The van der Waals surface area contributed by atoms with Gasteiger partial charge in [0.1, 0.15) is 5.75 Å². The van der Waals surface area contributed by atoms with Crippen LogP contribution in [0.1, 0.15) is 60.6 Å². The highest BCUT2D eigenvalue weighted by Crippen LogP contribution is 2.25. The second-order valence-electron chi connectivity index (χ2n) is 7.87. The number of hydrogen-bond donors (Lipinski definition) is 1. The van der Waals surface area contributed by atoms with Gasteiger partial charge in [-0.2, -0.15) is 0 Å². The molecule has 1 aromatic heterocycles. The Morgan fingerprint density at radius 3 is 2.42 bits per heavy atom. The summed E-state index contributed by atoms with van der Waals surface area (Å²) >= 11 is 0. The zero-order valence-electron chi connectivity index (χ0n) is 20.6. The van der Waals surface area contributed by atoms with Gasteiger partial charge in [0.25, 0.3) is 0 Å². The highest BCUT2D eigenvalue weighted by atomic mass is 16.5. The monoisotopic (exact) mass is 456 g/mol. The van der Waals surface area contributed by atoms with Crippen LogP contribution in [-0.2, 0) is 22.6 Å². The minimum absolute atomic E-state index is 0.169. The first kappa shape index (κ1) is 26.2. The lowest BCUT2D eigenvalue weighted by molar-refractivity contribution is -0.127. The molecule has 1 amide bonds. The van der Waals surface area contributed by atoms with Crippen LogP contribution in [0.15, 0.2) is 30.3 Å². The molecule has 0 saturated carbocycles. The fourth-order valence-corrected chi connectivity index (χ4v) is 3.99. The highest BCUT2D eigenvalue weighted by Gasteiger charge is 2.23. The van der Waals surface area contributed by atoms with E-state index in [-0.39, 0.29) is 19.1 Å². The van der Waals surface area contributed by atoms with Crippen molar-refractivity contribution in [3.8, 4) is 5.75 Å². The van der Waals surface area contributed by atoms with Crippen LogP contribution >= 0.6 is 0 Å². The Hall–Kier alpha value is -3.06. The molecular formula is C26H36N2O5. The number of aromatic nitrogens is 1. The molecular weight excluding hydrogens is 420 g/mol. The molecule has 0 bridgehead atoms. The van der Waals surface area contributed by atoms with Crippen LogP contribution in [0.3, 0.4) is 0 Å². The van der Waals surface area contributed by atoms with E-state index in [2.05, 4.69) is 0 Å². The van der Waals surface area contributed by atoms with Crippen LogP contribution in [0.25, 0.3) is 6.08 Å². The summed E-state index contributed by atoms with van der Waals surface area (Å²) in [5, 5.41) is 9.99. The van der Waals surface area contributed by atoms with Crippen molar-refractivity contribution in [3.63, 3.8) is 0 Å². The van der Waals surface area contributed by atoms with Crippen molar-refractivity contribution in [1.29, 1.82) is 0 Å². The van der Waals surface area contributed by atoms with E-state index in [1.807, 2.05) is 56.5 Å². The Morgan fingerprint density at radius 2 is 1.82 bits per heavy atom. The largest absolute Gasteiger partial charge is 0.494 e. The SMILES string of the molecule is CCOC(=O)c1c(/C=C\C(=O)N(Cc2ccccc2OCC)C[C@@H](C)O)c(C)n(CC)c1C. The Kier molecular flexibility index (Phi) is 9.73. The third-order valence-corrected chi connectivity index (χ3v) is 5.45. The normalized spacial score (nSPS) is 12.1. The summed E-state index contributed by atoms with van der Waals surface area (Å²) in [7, 11) is 0. The van der Waals surface area contributed by atoms with Crippen LogP contribution < -0.4 is 4.74 Å². The van der Waals surface area contributed by atoms with E-state index in [9.17, 15) is 14.7 Å². The second-order valence-corrected chi connectivity index (χ2v) is 7.87. The van der Waals surface area contributed by atoms with Crippen molar-refractivity contribution in [2.75, 3.05) is 19.8 Å². The van der Waals surface area contributed by atoms with E-state index in [4.69, 9.17) is 9.47 Å². The summed E-state index contributed by atoms with van der Waals surface area (Å²) < 4.78 is 13.0. The number of ether oxygens (including phenoxy) is 2. The molecule has 33 heavy (non-hydrogen) atoms. The first-order valence-corrected chi connectivity index (χ1v) is 11.5. The molecule has 180 valence electrons. The number of carbonyl (C=O) groups excluding carboxylic acids is 2. The highest BCUT2D eigenvalue weighted by molar-refractivity contribution is 5.98. The molecule has 0 saturated heterocycles. The van der Waals surface area contributed by atoms with E-state index < -0.39 is 12.1 Å². The average molecular weight is 457 g/mol. The summed E-state index contributed by atoms with van der Waals surface area (Å²) in [6.07, 6.45) is 2.43. The predicted octanol–water partition coefficient (Wildman–Crippen LogP) is 4.12. The van der Waals surface area contributed by atoms with Crippen molar-refractivity contribution >= 4 is 18.0 Å². The third-order valence-electron chi connectivity index (χ3n) is 5.45. The van der Waals surface area contributed by atoms with E-state index in [1.165, 1.54) is 6.08 Å². The molecule has 1 atom stereocenters. The molecule has 1 N–H and O–H groups in total. The number of amides is 1. The number of nitrogens with zero attached hydrogens (tertiary/aromatic N) is 2. The van der Waals surface area contributed by atoms with Gasteiger partial charge in [0.2, 0.25) is 5.91 Å². The Labute approximate surface area is 196 Å². The van der Waals surface area contributed by atoms with Gasteiger partial charge in [-0.05, 0) is 53.7 Å². The van der Waals surface area contributed by atoms with E-state index >= 15 is 0 Å². The van der Waals surface area contributed by atoms with Crippen molar-refractivity contribution in [3.05, 3.63) is 58.4 Å². The van der Waals surface area contributed by atoms with E-state index in [0.29, 0.717) is 36.6 Å². The maximum Gasteiger partial charge on any atom is 0.340 e. The summed E-state index contributed by atoms with van der Waals surface area (Å²) in [5.41, 5.74) is 3.72. The van der Waals surface area contributed by atoms with Crippen molar-refractivity contribution in [2.24, 2.45) is 0 Å². The number of para-hydroxylation sites is 1. The van der Waals surface area contributed by atoms with Crippen LogP contribution in [0.4, 0.5) is 0 Å². The number of benzene rings is 1. The number of carbonyl (C=O) groups is 2. The lowest BCUT2D eigenvalue weighted by Crippen LogP contribution is -2.35. The average Bonchev–Trinajstić information content (AvgIpc) is 3.01. The predicted molar refractivity (Wildman–Crippen MR) is 129 cm³/mol. The van der Waals surface area contributed by atoms with Crippen molar-refractivity contribution in [2.45, 2.75) is 60.7 Å². The van der Waals surface area contributed by atoms with Crippen molar-refractivity contribution < 1.29 is 24.2 Å². The van der Waals surface area contributed by atoms with Crippen molar-refractivity contribution in [1.82, 2.24) is 9.47 Å². The third kappa shape index (κ3) is 6.48. The van der Waals surface area contributed by atoms with Gasteiger partial charge in [0.15, 0.2) is 0 Å². The molecule has 0 aliphatic heterocycles. The summed E-state index contributed by atoms with van der Waals surface area (Å²) in [6.45, 7) is 13.1. The van der Waals surface area contributed by atoms with Gasteiger partial charge in [-0.1, -0.05) is 18.2 Å². The van der Waals surface area contributed by atoms with Gasteiger partial charge in [-0.3, -0.25) is 4.79 Å². The molecule has 2 aromatic rings. The Balaban J connectivity index is 2.38. The summed E-state index contributed by atoms with van der Waals surface area (Å²) in [5.74, 6) is 0.0469. The van der Waals surface area contributed by atoms with Gasteiger partial charge in [-0.25, -0.2) is 4.79 Å². The quantitative estimate of drug-likeness (QED) is 0.406. The first-order chi connectivity index (χ1) is 15.7. The Morgan fingerprint density at radius 1 is 1.12 bits per heavy atom. The number of esters is 1. The van der Waals surface area contributed by atoms with Gasteiger partial charge < -0.3 is 24.0 Å². The minimum Gasteiger partial charge on any atom is -0.494 e. The van der Waals surface area contributed by atoms with Crippen LogP contribution in [0.2, 0.25) is 0 Å². The van der Waals surface area contributed by atoms with Gasteiger partial charge in [-0.15, -0.1) is 0 Å². The summed E-state index contributed by atoms with van der Waals surface area (Å²) in [4.78, 5) is 27.4. The zero-order chi connectivity index (χ0) is 24.5. The Bertz CT molecular complexity index is 991. The lowest BCUT2D eigenvalue weighted by Gasteiger charge is -2.24. The van der Waals surface area contributed by atoms with E-state index in [0.717, 1.165) is 17.0 Å². The number of aliphatic hydroxyl groups is 1. The maximum absolute atomic E-state index is 13.2.